The van der Waals surface area contributed by atoms with Gasteiger partial charge in [0.05, 0.1) is 22.7 Å². The van der Waals surface area contributed by atoms with Gasteiger partial charge >= 0.3 is 6.18 Å². The van der Waals surface area contributed by atoms with Crippen molar-refractivity contribution in [3.8, 4) is 0 Å². The molecule has 1 aliphatic heterocycles. The van der Waals surface area contributed by atoms with Crippen molar-refractivity contribution in [2.45, 2.75) is 32.2 Å². The summed E-state index contributed by atoms with van der Waals surface area (Å²) in [5.41, 5.74) is 2.39. The van der Waals surface area contributed by atoms with Gasteiger partial charge in [-0.3, -0.25) is 15.0 Å². The fraction of sp³-hybridized carbons (Fsp3) is 0.333. The summed E-state index contributed by atoms with van der Waals surface area (Å²) in [6.45, 7) is 2.09. The highest BCUT2D eigenvalue weighted by Crippen LogP contribution is 2.38. The van der Waals surface area contributed by atoms with Crippen LogP contribution in [0.2, 0.25) is 0 Å². The molecular weight excluding hydrogens is 521 g/mol. The van der Waals surface area contributed by atoms with E-state index in [0.717, 1.165) is 35.6 Å². The van der Waals surface area contributed by atoms with E-state index >= 15 is 0 Å². The lowest BCUT2D eigenvalue weighted by atomic mass is 9.80. The largest absolute Gasteiger partial charge is 0.416 e. The van der Waals surface area contributed by atoms with Gasteiger partial charge in [-0.05, 0) is 60.7 Å². The predicted molar refractivity (Wildman–Crippen MR) is 148 cm³/mol. The minimum atomic E-state index is -4.43. The molecule has 1 saturated heterocycles. The number of aromatic nitrogens is 1. The number of aryl methyl sites for hydroxylation is 1. The van der Waals surface area contributed by atoms with Gasteiger partial charge in [0.25, 0.3) is 5.69 Å². The number of hydrogen-bond acceptors (Lipinski definition) is 5. The zero-order valence-electron chi connectivity index (χ0n) is 22.1. The topological polar surface area (TPSA) is 83.6 Å². The van der Waals surface area contributed by atoms with Crippen LogP contribution in [0.5, 0.6) is 0 Å². The highest BCUT2D eigenvalue weighted by molar-refractivity contribution is 5.81. The van der Waals surface area contributed by atoms with E-state index in [1.165, 1.54) is 24.3 Å². The van der Waals surface area contributed by atoms with E-state index in [9.17, 15) is 28.4 Å². The Kier molecular flexibility index (Phi) is 7.57. The molecule has 1 aromatic heterocycles. The van der Waals surface area contributed by atoms with Crippen LogP contribution in [0.1, 0.15) is 28.8 Å². The number of hydrogen-bond donors (Lipinski definition) is 2. The van der Waals surface area contributed by atoms with Crippen molar-refractivity contribution >= 4 is 22.3 Å². The van der Waals surface area contributed by atoms with Crippen molar-refractivity contribution in [2.24, 2.45) is 12.5 Å². The first-order valence-corrected chi connectivity index (χ1v) is 13.1. The molecule has 210 valence electrons. The molecular formula is C30H31F3N4O3. The number of fused-ring (bicyclic) bond motifs is 1. The van der Waals surface area contributed by atoms with Crippen LogP contribution in [-0.4, -0.2) is 39.1 Å². The van der Waals surface area contributed by atoms with Crippen molar-refractivity contribution in [1.82, 2.24) is 9.47 Å². The molecule has 3 aromatic carbocycles. The first-order chi connectivity index (χ1) is 19.1. The van der Waals surface area contributed by atoms with Crippen molar-refractivity contribution in [2.75, 3.05) is 25.0 Å². The van der Waals surface area contributed by atoms with Crippen LogP contribution in [0, 0.1) is 15.5 Å². The maximum absolute atomic E-state index is 13.4. The monoisotopic (exact) mass is 552 g/mol. The standard InChI is InChI=1S/C30H31F3N4O3/c1-35-26(14-22-6-2-3-8-27(22)35)17-36-12-11-29(20-36,16-21-5-4-7-24(13-21)30(31,32)33)19-34-25-10-9-23(18-38)28(15-25)37(39)40/h2-10,13-15,34,38H,11-12,16-20H2,1H3. The number of nitro benzene ring substituents is 1. The van der Waals surface area contributed by atoms with E-state index in [0.29, 0.717) is 37.3 Å². The summed E-state index contributed by atoms with van der Waals surface area (Å²) in [5, 5.41) is 25.4. The zero-order valence-corrected chi connectivity index (χ0v) is 22.1. The Morgan fingerprint density at radius 3 is 2.60 bits per heavy atom. The van der Waals surface area contributed by atoms with Gasteiger partial charge in [-0.15, -0.1) is 0 Å². The fourth-order valence-electron chi connectivity index (χ4n) is 5.80. The van der Waals surface area contributed by atoms with E-state index < -0.39 is 28.7 Å². The summed E-state index contributed by atoms with van der Waals surface area (Å²) in [7, 11) is 2.04. The van der Waals surface area contributed by atoms with E-state index in [1.807, 2.05) is 19.2 Å². The first-order valence-electron chi connectivity index (χ1n) is 13.1. The molecule has 1 atom stereocenters. The van der Waals surface area contributed by atoms with E-state index in [2.05, 4.69) is 33.0 Å². The number of rotatable bonds is 9. The van der Waals surface area contributed by atoms with Crippen LogP contribution in [-0.2, 0) is 32.8 Å². The molecule has 1 aliphatic rings. The summed E-state index contributed by atoms with van der Waals surface area (Å²) in [4.78, 5) is 13.3. The first kappa shape index (κ1) is 27.7. The van der Waals surface area contributed by atoms with Gasteiger partial charge in [0.2, 0.25) is 0 Å². The second-order valence-corrected chi connectivity index (χ2v) is 10.7. The lowest BCUT2D eigenvalue weighted by Crippen LogP contribution is -2.35. The maximum Gasteiger partial charge on any atom is 0.416 e. The molecule has 0 bridgehead atoms. The number of benzene rings is 3. The molecule has 0 saturated carbocycles. The zero-order chi connectivity index (χ0) is 28.5. The van der Waals surface area contributed by atoms with Gasteiger partial charge in [0.15, 0.2) is 0 Å². The van der Waals surface area contributed by atoms with Crippen LogP contribution in [0.4, 0.5) is 24.5 Å². The number of aliphatic hydroxyl groups is 1. The second kappa shape index (κ2) is 10.9. The number of para-hydroxylation sites is 1. The quantitative estimate of drug-likeness (QED) is 0.192. The molecule has 1 fully saturated rings. The van der Waals surface area contributed by atoms with Gasteiger partial charge < -0.3 is 15.0 Å². The molecule has 5 rings (SSSR count). The van der Waals surface area contributed by atoms with E-state index in [-0.39, 0.29) is 11.3 Å². The van der Waals surface area contributed by atoms with Crippen LogP contribution in [0.25, 0.3) is 10.9 Å². The average molecular weight is 553 g/mol. The Balaban J connectivity index is 1.40. The van der Waals surface area contributed by atoms with Gasteiger partial charge in [0, 0.05) is 55.1 Å². The minimum absolute atomic E-state index is 0.178. The third kappa shape index (κ3) is 5.83. The number of nitrogens with one attached hydrogen (secondary N) is 1. The summed E-state index contributed by atoms with van der Waals surface area (Å²) >= 11 is 0. The van der Waals surface area contributed by atoms with E-state index in [4.69, 9.17) is 0 Å². The average Bonchev–Trinajstić information content (AvgIpc) is 3.47. The number of nitro groups is 1. The molecule has 0 amide bonds. The number of halogens is 3. The highest BCUT2D eigenvalue weighted by Gasteiger charge is 2.39. The Morgan fingerprint density at radius 1 is 1.07 bits per heavy atom. The SMILES string of the molecule is Cn1c(CN2CCC(CNc3ccc(CO)c([N+](=O)[O-])c3)(Cc3cccc(C(F)(F)F)c3)C2)cc2ccccc21. The third-order valence-corrected chi connectivity index (χ3v) is 7.91. The van der Waals surface area contributed by atoms with Crippen molar-refractivity contribution in [3.63, 3.8) is 0 Å². The molecule has 10 heteroatoms. The Morgan fingerprint density at radius 2 is 1.88 bits per heavy atom. The molecule has 2 N–H and O–H groups in total. The van der Waals surface area contributed by atoms with E-state index in [1.54, 1.807) is 12.1 Å². The number of aliphatic hydroxyl groups excluding tert-OH is 1. The van der Waals surface area contributed by atoms with Crippen molar-refractivity contribution in [3.05, 3.63) is 105 Å². The number of likely N-dealkylation sites (tertiary alicyclic amines) is 1. The predicted octanol–water partition coefficient (Wildman–Crippen LogP) is 6.14. The Labute approximate surface area is 230 Å². The number of alkyl halides is 3. The molecule has 4 aromatic rings. The minimum Gasteiger partial charge on any atom is -0.391 e. The maximum atomic E-state index is 13.4. The van der Waals surface area contributed by atoms with Crippen LogP contribution < -0.4 is 5.32 Å². The summed E-state index contributed by atoms with van der Waals surface area (Å²) < 4.78 is 42.5. The Bertz CT molecular complexity index is 1530. The van der Waals surface area contributed by atoms with Gasteiger partial charge in [-0.25, -0.2) is 0 Å². The van der Waals surface area contributed by atoms with Crippen LogP contribution in [0.15, 0.2) is 72.8 Å². The van der Waals surface area contributed by atoms with Crippen LogP contribution in [0.3, 0.4) is 0 Å². The lowest BCUT2D eigenvalue weighted by molar-refractivity contribution is -0.385. The summed E-state index contributed by atoms with van der Waals surface area (Å²) in [6.07, 6.45) is -3.26. The molecule has 40 heavy (non-hydrogen) atoms. The lowest BCUT2D eigenvalue weighted by Gasteiger charge is -2.31. The summed E-state index contributed by atoms with van der Waals surface area (Å²) in [6, 6.07) is 20.4. The van der Waals surface area contributed by atoms with Gasteiger partial charge in [0.1, 0.15) is 0 Å². The third-order valence-electron chi connectivity index (χ3n) is 7.91. The van der Waals surface area contributed by atoms with Crippen LogP contribution >= 0.6 is 0 Å². The Hall–Kier alpha value is -3.89. The fourth-order valence-corrected chi connectivity index (χ4v) is 5.80. The van der Waals surface area contributed by atoms with Gasteiger partial charge in [-0.2, -0.15) is 13.2 Å². The molecule has 2 heterocycles. The van der Waals surface area contributed by atoms with Crippen molar-refractivity contribution in [1.29, 1.82) is 0 Å². The highest BCUT2D eigenvalue weighted by atomic mass is 19.4. The van der Waals surface area contributed by atoms with Crippen molar-refractivity contribution < 1.29 is 23.2 Å². The second-order valence-electron chi connectivity index (χ2n) is 10.7. The number of nitrogens with zero attached hydrogens (tertiary/aromatic N) is 3. The summed E-state index contributed by atoms with van der Waals surface area (Å²) in [5.74, 6) is 0. The molecule has 7 nitrogen and oxygen atoms in total. The smallest absolute Gasteiger partial charge is 0.391 e. The van der Waals surface area contributed by atoms with Gasteiger partial charge in [-0.1, -0.05) is 36.4 Å². The molecule has 0 radical (unpaired) electrons. The molecule has 1 unspecified atom stereocenters. The molecule has 0 spiro atoms. The normalized spacial score (nSPS) is 17.9. The number of anilines is 1. The molecule has 0 aliphatic carbocycles.